The molecule has 0 aromatic heterocycles. The molecule has 0 spiro atoms. The van der Waals surface area contributed by atoms with Crippen LogP contribution in [0.3, 0.4) is 0 Å². The van der Waals surface area contributed by atoms with Gasteiger partial charge >= 0.3 is 5.97 Å². The Balaban J connectivity index is 1.78. The molecule has 104 valence electrons. The van der Waals surface area contributed by atoms with Crippen LogP contribution >= 0.6 is 0 Å². The van der Waals surface area contributed by atoms with Crippen LogP contribution in [0.1, 0.15) is 6.42 Å². The number of benzene rings is 2. The third kappa shape index (κ3) is 3.83. The Morgan fingerprint density at radius 1 is 1.15 bits per heavy atom. The molecule has 2 rings (SSSR count). The number of hydrogen-bond acceptors (Lipinski definition) is 3. The molecule has 0 saturated carbocycles. The Hall–Kier alpha value is -2.33. The largest absolute Gasteiger partial charge is 0.478 e. The second-order valence-electron chi connectivity index (χ2n) is 4.34. The quantitative estimate of drug-likeness (QED) is 0.477. The molecule has 1 N–H and O–H groups in total. The summed E-state index contributed by atoms with van der Waals surface area (Å²) in [6.45, 7) is 3.79. The molecule has 0 fully saturated rings. The number of carboxylic acids is 1. The third-order valence-electron chi connectivity index (χ3n) is 2.88. The first-order valence-electron chi connectivity index (χ1n) is 6.27. The Kier molecular flexibility index (Phi) is 4.74. The minimum absolute atomic E-state index is 0.0885. The maximum Gasteiger partial charge on any atom is 0.331 e. The number of ether oxygens (including phenoxy) is 2. The lowest BCUT2D eigenvalue weighted by atomic mass is 10.1. The highest BCUT2D eigenvalue weighted by Gasteiger charge is 2.03. The zero-order valence-corrected chi connectivity index (χ0v) is 11.0. The Bertz CT molecular complexity index is 619. The molecule has 0 atom stereocenters. The van der Waals surface area contributed by atoms with Gasteiger partial charge in [-0.1, -0.05) is 36.9 Å². The van der Waals surface area contributed by atoms with Gasteiger partial charge in [-0.15, -0.1) is 0 Å². The van der Waals surface area contributed by atoms with Crippen LogP contribution in [0.4, 0.5) is 0 Å². The van der Waals surface area contributed by atoms with E-state index in [1.54, 1.807) is 0 Å². The number of carboxylic acid groups (broad SMARTS) is 1. The van der Waals surface area contributed by atoms with Crippen LogP contribution in [0.2, 0.25) is 0 Å². The van der Waals surface area contributed by atoms with Crippen molar-refractivity contribution >= 4 is 16.7 Å². The minimum Gasteiger partial charge on any atom is -0.478 e. The Morgan fingerprint density at radius 2 is 1.90 bits per heavy atom. The van der Waals surface area contributed by atoms with Gasteiger partial charge in [0, 0.05) is 12.0 Å². The minimum atomic E-state index is -0.996. The molecule has 4 heteroatoms. The van der Waals surface area contributed by atoms with E-state index in [0.29, 0.717) is 0 Å². The van der Waals surface area contributed by atoms with Crippen molar-refractivity contribution in [2.45, 2.75) is 6.42 Å². The molecular formula is C16H16O4. The first-order valence-corrected chi connectivity index (χ1v) is 6.27. The van der Waals surface area contributed by atoms with E-state index < -0.39 is 5.97 Å². The van der Waals surface area contributed by atoms with E-state index in [1.165, 1.54) is 0 Å². The van der Waals surface area contributed by atoms with Crippen molar-refractivity contribution in [1.82, 2.24) is 0 Å². The number of rotatable bonds is 7. The molecule has 0 heterocycles. The molecule has 2 aromatic rings. The van der Waals surface area contributed by atoms with E-state index in [9.17, 15) is 4.79 Å². The van der Waals surface area contributed by atoms with Crippen molar-refractivity contribution in [3.8, 4) is 5.75 Å². The van der Waals surface area contributed by atoms with Crippen molar-refractivity contribution in [1.29, 1.82) is 0 Å². The highest BCUT2D eigenvalue weighted by molar-refractivity contribution is 5.85. The van der Waals surface area contributed by atoms with E-state index in [-0.39, 0.29) is 25.4 Å². The monoisotopic (exact) mass is 272 g/mol. The summed E-state index contributed by atoms with van der Waals surface area (Å²) in [7, 11) is 0. The van der Waals surface area contributed by atoms with Crippen LogP contribution in [0.5, 0.6) is 5.75 Å². The van der Waals surface area contributed by atoms with Gasteiger partial charge in [-0.05, 0) is 22.9 Å². The van der Waals surface area contributed by atoms with Crippen LogP contribution in [-0.2, 0) is 9.53 Å². The molecule has 20 heavy (non-hydrogen) atoms. The SMILES string of the molecule is C=C(CCOCOc1ccc2ccccc2c1)C(=O)O. The fourth-order valence-corrected chi connectivity index (χ4v) is 1.73. The van der Waals surface area contributed by atoms with Crippen molar-refractivity contribution in [3.05, 3.63) is 54.6 Å². The van der Waals surface area contributed by atoms with Gasteiger partial charge in [-0.25, -0.2) is 4.79 Å². The molecule has 2 aromatic carbocycles. The molecule has 0 unspecified atom stereocenters. The van der Waals surface area contributed by atoms with E-state index in [0.717, 1.165) is 16.5 Å². The van der Waals surface area contributed by atoms with Gasteiger partial charge in [0.15, 0.2) is 6.79 Å². The lowest BCUT2D eigenvalue weighted by Crippen LogP contribution is -2.07. The molecule has 0 saturated heterocycles. The maximum atomic E-state index is 10.5. The van der Waals surface area contributed by atoms with Gasteiger partial charge in [-0.2, -0.15) is 0 Å². The number of aliphatic carboxylic acids is 1. The summed E-state index contributed by atoms with van der Waals surface area (Å²) in [6.07, 6.45) is 0.288. The average Bonchev–Trinajstić information content (AvgIpc) is 2.46. The van der Waals surface area contributed by atoms with Crippen LogP contribution < -0.4 is 4.74 Å². The summed E-state index contributed by atoms with van der Waals surface area (Å²) in [5.74, 6) is -0.273. The number of hydrogen-bond donors (Lipinski definition) is 1. The fourth-order valence-electron chi connectivity index (χ4n) is 1.73. The van der Waals surface area contributed by atoms with E-state index in [1.807, 2.05) is 42.5 Å². The summed E-state index contributed by atoms with van der Waals surface area (Å²) < 4.78 is 10.7. The number of carbonyl (C=O) groups is 1. The highest BCUT2D eigenvalue weighted by atomic mass is 16.7. The van der Waals surface area contributed by atoms with Gasteiger partial charge in [0.2, 0.25) is 0 Å². The number of fused-ring (bicyclic) bond motifs is 1. The Morgan fingerprint density at radius 3 is 2.65 bits per heavy atom. The molecule has 4 nitrogen and oxygen atoms in total. The molecule has 0 aliphatic carbocycles. The lowest BCUT2D eigenvalue weighted by molar-refractivity contribution is -0.133. The van der Waals surface area contributed by atoms with Crippen molar-refractivity contribution < 1.29 is 19.4 Å². The normalized spacial score (nSPS) is 10.4. The molecule has 0 radical (unpaired) electrons. The van der Waals surface area contributed by atoms with Gasteiger partial charge in [0.1, 0.15) is 5.75 Å². The molecule has 0 aliphatic rings. The second-order valence-corrected chi connectivity index (χ2v) is 4.34. The van der Waals surface area contributed by atoms with E-state index in [4.69, 9.17) is 14.6 Å². The molecule has 0 amide bonds. The topological polar surface area (TPSA) is 55.8 Å². The van der Waals surface area contributed by atoms with Crippen LogP contribution in [-0.4, -0.2) is 24.5 Å². The van der Waals surface area contributed by atoms with Gasteiger partial charge in [-0.3, -0.25) is 0 Å². The lowest BCUT2D eigenvalue weighted by Gasteiger charge is -2.08. The van der Waals surface area contributed by atoms with Crippen molar-refractivity contribution in [2.24, 2.45) is 0 Å². The predicted molar refractivity (Wildman–Crippen MR) is 76.8 cm³/mol. The smallest absolute Gasteiger partial charge is 0.331 e. The summed E-state index contributed by atoms with van der Waals surface area (Å²) in [4.78, 5) is 10.5. The average molecular weight is 272 g/mol. The van der Waals surface area contributed by atoms with Crippen LogP contribution in [0, 0.1) is 0 Å². The van der Waals surface area contributed by atoms with Crippen molar-refractivity contribution in [3.63, 3.8) is 0 Å². The summed E-state index contributed by atoms with van der Waals surface area (Å²) in [6, 6.07) is 13.8. The first-order chi connectivity index (χ1) is 9.66. The maximum absolute atomic E-state index is 10.5. The van der Waals surface area contributed by atoms with Gasteiger partial charge in [0.25, 0.3) is 0 Å². The highest BCUT2D eigenvalue weighted by Crippen LogP contribution is 2.20. The Labute approximate surface area is 117 Å². The second kappa shape index (κ2) is 6.73. The summed E-state index contributed by atoms with van der Waals surface area (Å²) in [5, 5.41) is 10.9. The third-order valence-corrected chi connectivity index (χ3v) is 2.88. The summed E-state index contributed by atoms with van der Waals surface area (Å²) in [5.41, 5.74) is 0.135. The standard InChI is InChI=1S/C16H16O4/c1-12(16(17)18)8-9-19-11-20-15-7-6-13-4-2-3-5-14(13)10-15/h2-7,10H,1,8-9,11H2,(H,17,18). The first kappa shape index (κ1) is 14.1. The van der Waals surface area contributed by atoms with Gasteiger partial charge < -0.3 is 14.6 Å². The van der Waals surface area contributed by atoms with E-state index in [2.05, 4.69) is 6.58 Å². The zero-order valence-electron chi connectivity index (χ0n) is 11.0. The fraction of sp³-hybridized carbons (Fsp3) is 0.188. The molecule has 0 aliphatic heterocycles. The van der Waals surface area contributed by atoms with Gasteiger partial charge in [0.05, 0.1) is 6.61 Å². The molecular weight excluding hydrogens is 256 g/mol. The zero-order chi connectivity index (χ0) is 14.4. The van der Waals surface area contributed by atoms with Crippen LogP contribution in [0.15, 0.2) is 54.6 Å². The summed E-state index contributed by atoms with van der Waals surface area (Å²) >= 11 is 0. The van der Waals surface area contributed by atoms with Crippen molar-refractivity contribution in [2.75, 3.05) is 13.4 Å². The van der Waals surface area contributed by atoms with Crippen LogP contribution in [0.25, 0.3) is 10.8 Å². The predicted octanol–water partition coefficient (Wildman–Crippen LogP) is 3.22. The van der Waals surface area contributed by atoms with E-state index >= 15 is 0 Å². The molecule has 0 bridgehead atoms.